The molecule has 0 saturated carbocycles. The SMILES string of the molecule is CC(C)(C)c1ccc(-c2nc(C(F)(F)F)c(N)c(=O)n2Cc2ccc(Cl)cc2)cc1. The number of halogens is 4. The molecular weight excluding hydrogens is 415 g/mol. The summed E-state index contributed by atoms with van der Waals surface area (Å²) in [6.07, 6.45) is -4.84. The van der Waals surface area contributed by atoms with Crippen LogP contribution in [0.3, 0.4) is 0 Å². The summed E-state index contributed by atoms with van der Waals surface area (Å²) in [5, 5.41) is 0.508. The Morgan fingerprint density at radius 3 is 2.07 bits per heavy atom. The molecule has 0 saturated heterocycles. The van der Waals surface area contributed by atoms with E-state index in [2.05, 4.69) is 4.98 Å². The van der Waals surface area contributed by atoms with E-state index in [0.717, 1.165) is 10.1 Å². The molecule has 158 valence electrons. The summed E-state index contributed by atoms with van der Waals surface area (Å²) in [4.78, 5) is 16.6. The number of hydrogen-bond donors (Lipinski definition) is 1. The minimum atomic E-state index is -4.84. The van der Waals surface area contributed by atoms with Crippen molar-refractivity contribution in [3.63, 3.8) is 0 Å². The van der Waals surface area contributed by atoms with Crippen molar-refractivity contribution < 1.29 is 13.2 Å². The van der Waals surface area contributed by atoms with E-state index in [1.165, 1.54) is 0 Å². The van der Waals surface area contributed by atoms with Crippen LogP contribution in [-0.2, 0) is 18.1 Å². The molecule has 1 heterocycles. The van der Waals surface area contributed by atoms with Crippen LogP contribution in [-0.4, -0.2) is 9.55 Å². The minimum Gasteiger partial charge on any atom is -0.392 e. The van der Waals surface area contributed by atoms with E-state index in [-0.39, 0.29) is 17.8 Å². The van der Waals surface area contributed by atoms with Crippen molar-refractivity contribution in [3.05, 3.63) is 80.7 Å². The summed E-state index contributed by atoms with van der Waals surface area (Å²) in [5.74, 6) is -0.100. The molecule has 0 unspecified atom stereocenters. The van der Waals surface area contributed by atoms with Gasteiger partial charge in [0.1, 0.15) is 11.5 Å². The molecule has 0 fully saturated rings. The van der Waals surface area contributed by atoms with Crippen LogP contribution in [0.4, 0.5) is 18.9 Å². The van der Waals surface area contributed by atoms with Crippen LogP contribution in [0.1, 0.15) is 37.6 Å². The topological polar surface area (TPSA) is 60.9 Å². The number of aromatic nitrogens is 2. The molecule has 8 heteroatoms. The predicted molar refractivity (Wildman–Crippen MR) is 113 cm³/mol. The third-order valence-corrected chi connectivity index (χ3v) is 4.99. The highest BCUT2D eigenvalue weighted by molar-refractivity contribution is 6.30. The lowest BCUT2D eigenvalue weighted by Gasteiger charge is -2.20. The highest BCUT2D eigenvalue weighted by Gasteiger charge is 2.37. The predicted octanol–water partition coefficient (Wildman–Crippen LogP) is 5.51. The standard InChI is InChI=1S/C22H21ClF3N3O/c1-21(2,3)15-8-6-14(7-9-15)19-28-18(22(24,25)26)17(27)20(30)29(19)12-13-4-10-16(23)11-5-13/h4-11H,12,27H2,1-3H3. The maximum Gasteiger partial charge on any atom is 0.435 e. The highest BCUT2D eigenvalue weighted by atomic mass is 35.5. The summed E-state index contributed by atoms with van der Waals surface area (Å²) in [5.41, 5.74) is 4.23. The zero-order valence-corrected chi connectivity index (χ0v) is 17.5. The Morgan fingerprint density at radius 2 is 1.57 bits per heavy atom. The van der Waals surface area contributed by atoms with Crippen molar-refractivity contribution in [3.8, 4) is 11.4 Å². The molecule has 0 aliphatic rings. The van der Waals surface area contributed by atoms with Gasteiger partial charge in [0.25, 0.3) is 5.56 Å². The smallest absolute Gasteiger partial charge is 0.392 e. The first kappa shape index (κ1) is 21.9. The fourth-order valence-electron chi connectivity index (χ4n) is 3.04. The molecule has 3 aromatic rings. The van der Waals surface area contributed by atoms with Gasteiger partial charge in [0, 0.05) is 10.6 Å². The van der Waals surface area contributed by atoms with Gasteiger partial charge in [0.05, 0.1) is 6.54 Å². The van der Waals surface area contributed by atoms with Crippen LogP contribution in [0, 0.1) is 0 Å². The second kappa shape index (κ2) is 7.80. The Kier molecular flexibility index (Phi) is 5.69. The van der Waals surface area contributed by atoms with Gasteiger partial charge in [-0.05, 0) is 28.7 Å². The van der Waals surface area contributed by atoms with E-state index in [1.54, 1.807) is 36.4 Å². The number of rotatable bonds is 3. The molecule has 2 aromatic carbocycles. The number of anilines is 1. The monoisotopic (exact) mass is 435 g/mol. The van der Waals surface area contributed by atoms with Gasteiger partial charge in [-0.15, -0.1) is 0 Å². The average Bonchev–Trinajstić information content (AvgIpc) is 2.66. The van der Waals surface area contributed by atoms with Crippen molar-refractivity contribution in [2.24, 2.45) is 0 Å². The molecule has 1 aromatic heterocycles. The Morgan fingerprint density at radius 1 is 1.00 bits per heavy atom. The lowest BCUT2D eigenvalue weighted by Crippen LogP contribution is -2.30. The summed E-state index contributed by atoms with van der Waals surface area (Å²) >= 11 is 5.89. The lowest BCUT2D eigenvalue weighted by atomic mass is 9.86. The van der Waals surface area contributed by atoms with E-state index < -0.39 is 23.1 Å². The van der Waals surface area contributed by atoms with E-state index in [1.807, 2.05) is 32.9 Å². The van der Waals surface area contributed by atoms with Crippen molar-refractivity contribution in [1.82, 2.24) is 9.55 Å². The molecular formula is C22H21ClF3N3O. The fraction of sp³-hybridized carbons (Fsp3) is 0.273. The molecule has 0 bridgehead atoms. The maximum absolute atomic E-state index is 13.4. The molecule has 0 aliphatic heterocycles. The van der Waals surface area contributed by atoms with Crippen LogP contribution >= 0.6 is 11.6 Å². The molecule has 4 nitrogen and oxygen atoms in total. The third kappa shape index (κ3) is 4.51. The van der Waals surface area contributed by atoms with Gasteiger partial charge in [0.15, 0.2) is 5.69 Å². The largest absolute Gasteiger partial charge is 0.435 e. The van der Waals surface area contributed by atoms with Crippen LogP contribution in [0.15, 0.2) is 53.3 Å². The molecule has 0 atom stereocenters. The van der Waals surface area contributed by atoms with Gasteiger partial charge in [-0.1, -0.05) is 68.8 Å². The molecule has 0 aliphatic carbocycles. The first-order chi connectivity index (χ1) is 13.9. The van der Waals surface area contributed by atoms with Crippen LogP contribution in [0.2, 0.25) is 5.02 Å². The Bertz CT molecular complexity index is 1110. The fourth-order valence-corrected chi connectivity index (χ4v) is 3.17. The number of nitrogen functional groups attached to an aromatic ring is 1. The molecule has 0 amide bonds. The number of benzene rings is 2. The van der Waals surface area contributed by atoms with E-state index >= 15 is 0 Å². The average molecular weight is 436 g/mol. The molecule has 3 rings (SSSR count). The Balaban J connectivity index is 2.21. The van der Waals surface area contributed by atoms with Crippen molar-refractivity contribution in [2.45, 2.75) is 38.9 Å². The highest BCUT2D eigenvalue weighted by Crippen LogP contribution is 2.33. The van der Waals surface area contributed by atoms with Gasteiger partial charge >= 0.3 is 6.18 Å². The van der Waals surface area contributed by atoms with Crippen LogP contribution in [0.25, 0.3) is 11.4 Å². The summed E-state index contributed by atoms with van der Waals surface area (Å²) in [6.45, 7) is 6.09. The molecule has 30 heavy (non-hydrogen) atoms. The normalized spacial score (nSPS) is 12.2. The number of nitrogens with two attached hydrogens (primary N) is 1. The Labute approximate surface area is 177 Å². The zero-order valence-electron chi connectivity index (χ0n) is 16.7. The minimum absolute atomic E-state index is 0.00168. The lowest BCUT2D eigenvalue weighted by molar-refractivity contribution is -0.140. The first-order valence-corrected chi connectivity index (χ1v) is 9.58. The van der Waals surface area contributed by atoms with E-state index in [9.17, 15) is 18.0 Å². The summed E-state index contributed by atoms with van der Waals surface area (Å²) in [6, 6.07) is 13.6. The summed E-state index contributed by atoms with van der Waals surface area (Å²) < 4.78 is 41.5. The zero-order chi connectivity index (χ0) is 22.3. The van der Waals surface area contributed by atoms with Gasteiger partial charge < -0.3 is 5.73 Å². The third-order valence-electron chi connectivity index (χ3n) is 4.74. The molecule has 2 N–H and O–H groups in total. The molecule has 0 spiro atoms. The van der Waals surface area contributed by atoms with Gasteiger partial charge in [0.2, 0.25) is 0 Å². The van der Waals surface area contributed by atoms with Crippen LogP contribution in [0.5, 0.6) is 0 Å². The number of nitrogens with zero attached hydrogens (tertiary/aromatic N) is 2. The van der Waals surface area contributed by atoms with Gasteiger partial charge in [-0.25, -0.2) is 4.98 Å². The van der Waals surface area contributed by atoms with Crippen LogP contribution < -0.4 is 11.3 Å². The van der Waals surface area contributed by atoms with Crippen molar-refractivity contribution >= 4 is 17.3 Å². The first-order valence-electron chi connectivity index (χ1n) is 9.21. The second-order valence-corrected chi connectivity index (χ2v) is 8.48. The number of hydrogen-bond acceptors (Lipinski definition) is 3. The maximum atomic E-state index is 13.4. The van der Waals surface area contributed by atoms with Crippen molar-refractivity contribution in [2.75, 3.05) is 5.73 Å². The second-order valence-electron chi connectivity index (χ2n) is 8.04. The van der Waals surface area contributed by atoms with Crippen molar-refractivity contribution in [1.29, 1.82) is 0 Å². The summed E-state index contributed by atoms with van der Waals surface area (Å²) in [7, 11) is 0. The Hall–Kier alpha value is -2.80. The van der Waals surface area contributed by atoms with E-state index in [4.69, 9.17) is 17.3 Å². The quantitative estimate of drug-likeness (QED) is 0.590. The van der Waals surface area contributed by atoms with E-state index in [0.29, 0.717) is 16.1 Å². The van der Waals surface area contributed by atoms with Gasteiger partial charge in [-0.3, -0.25) is 9.36 Å². The van der Waals surface area contributed by atoms with Gasteiger partial charge in [-0.2, -0.15) is 13.2 Å². The molecule has 0 radical (unpaired) electrons. The number of alkyl halides is 3.